The third kappa shape index (κ3) is 3.71. The summed E-state index contributed by atoms with van der Waals surface area (Å²) in [7, 11) is 0. The highest BCUT2D eigenvalue weighted by Crippen LogP contribution is 2.24. The molecule has 0 atom stereocenters. The van der Waals surface area contributed by atoms with Gasteiger partial charge in [0.25, 0.3) is 0 Å². The maximum atomic E-state index is 12.8. The summed E-state index contributed by atoms with van der Waals surface area (Å²) in [5.74, 6) is 0.542. The summed E-state index contributed by atoms with van der Waals surface area (Å²) in [6, 6.07) is 14.3. The number of H-pyrrole nitrogens is 1. The van der Waals surface area contributed by atoms with Gasteiger partial charge in [0.05, 0.1) is 29.4 Å². The molecule has 0 amide bonds. The Kier molecular flexibility index (Phi) is 5.26. The molecule has 4 aromatic rings. The molecule has 29 heavy (non-hydrogen) atoms. The van der Waals surface area contributed by atoms with Crippen molar-refractivity contribution < 1.29 is 14.5 Å². The summed E-state index contributed by atoms with van der Waals surface area (Å²) in [4.78, 5) is 32.8. The van der Waals surface area contributed by atoms with E-state index in [0.717, 1.165) is 6.42 Å². The Balaban J connectivity index is 1.78. The zero-order valence-electron chi connectivity index (χ0n) is 15.6. The molecule has 0 fully saturated rings. The van der Waals surface area contributed by atoms with Crippen LogP contribution in [0.2, 0.25) is 0 Å². The highest BCUT2D eigenvalue weighted by molar-refractivity contribution is 9.10. The molecule has 0 saturated heterocycles. The number of carbonyl (C=O) groups is 1. The lowest BCUT2D eigenvalue weighted by Crippen LogP contribution is -2.25. The van der Waals surface area contributed by atoms with Gasteiger partial charge in [-0.05, 0) is 46.6 Å². The molecule has 7 nitrogen and oxygen atoms in total. The molecule has 8 heteroatoms. The minimum absolute atomic E-state index is 0.169. The second-order valence-corrected chi connectivity index (χ2v) is 7.27. The first-order chi connectivity index (χ1) is 14.1. The quantitative estimate of drug-likeness (QED) is 0.367. The minimum atomic E-state index is -0.396. The number of aromatic nitrogens is 3. The number of rotatable bonds is 5. The third-order valence-electron chi connectivity index (χ3n) is 4.37. The Bertz CT molecular complexity index is 1290. The number of para-hydroxylation sites is 2. The molecule has 0 saturated carbocycles. The van der Waals surface area contributed by atoms with E-state index in [-0.39, 0.29) is 5.56 Å². The first-order valence-electron chi connectivity index (χ1n) is 9.14. The average molecular weight is 454 g/mol. The molecule has 2 N–H and O–H groups in total. The summed E-state index contributed by atoms with van der Waals surface area (Å²) in [6.07, 6.45) is 2.40. The number of nitrogens with one attached hydrogen (secondary N) is 2. The molecule has 0 aliphatic heterocycles. The third-order valence-corrected chi connectivity index (χ3v) is 4.97. The van der Waals surface area contributed by atoms with Crippen molar-refractivity contribution in [2.45, 2.75) is 13.3 Å². The van der Waals surface area contributed by atoms with Crippen LogP contribution in [-0.4, -0.2) is 22.0 Å². The normalized spacial score (nSPS) is 11.0. The van der Waals surface area contributed by atoms with Crippen LogP contribution in [0.1, 0.15) is 23.7 Å². The van der Waals surface area contributed by atoms with Crippen LogP contribution >= 0.6 is 15.9 Å². The van der Waals surface area contributed by atoms with Crippen LogP contribution in [0.4, 0.5) is 11.5 Å². The lowest BCUT2D eigenvalue weighted by Gasteiger charge is -2.10. The first kappa shape index (κ1) is 19.1. The van der Waals surface area contributed by atoms with Gasteiger partial charge in [-0.1, -0.05) is 31.2 Å². The van der Waals surface area contributed by atoms with Crippen LogP contribution in [0.25, 0.3) is 16.7 Å². The Morgan fingerprint density at radius 3 is 2.79 bits per heavy atom. The molecule has 0 aliphatic rings. The van der Waals surface area contributed by atoms with Crippen molar-refractivity contribution >= 4 is 50.1 Å². The topological polar surface area (TPSA) is 86.8 Å². The van der Waals surface area contributed by atoms with Crippen LogP contribution in [0, 0.1) is 0 Å². The van der Waals surface area contributed by atoms with Crippen LogP contribution in [0.15, 0.2) is 64.0 Å². The van der Waals surface area contributed by atoms with Crippen molar-refractivity contribution in [3.63, 3.8) is 0 Å². The number of nitrogens with zero attached hydrogens (tertiary/aromatic N) is 2. The van der Waals surface area contributed by atoms with E-state index in [1.165, 1.54) is 4.40 Å². The Hall–Kier alpha value is -3.26. The van der Waals surface area contributed by atoms with E-state index in [4.69, 9.17) is 4.74 Å². The summed E-state index contributed by atoms with van der Waals surface area (Å²) in [5.41, 5.74) is 1.44. The molecule has 2 aromatic heterocycles. The number of hydrogen-bond acceptors (Lipinski definition) is 5. The van der Waals surface area contributed by atoms with Crippen LogP contribution in [0.5, 0.6) is 0 Å². The van der Waals surface area contributed by atoms with Crippen molar-refractivity contribution in [2.24, 2.45) is 0 Å². The predicted octanol–water partition coefficient (Wildman–Crippen LogP) is 3.73. The van der Waals surface area contributed by atoms with Gasteiger partial charge in [0.2, 0.25) is 5.82 Å². The Morgan fingerprint density at radius 1 is 1.21 bits per heavy atom. The Morgan fingerprint density at radius 2 is 1.97 bits per heavy atom. The standard InChI is InChI=1S/C21H17BrN4O3/c1-2-11-29-20(28)14-8-4-6-10-17(14)23-18-15(22)12-26-19(27)13-7-3-5-9-16(13)24-21(26)25-18/h3-10,12H,2,11H2,1H3,(H,23,24,25)/p+1. The second-order valence-electron chi connectivity index (χ2n) is 6.41. The van der Waals surface area contributed by atoms with Gasteiger partial charge in [-0.3, -0.25) is 10.1 Å². The fraction of sp³-hybridized carbons (Fsp3) is 0.143. The largest absolute Gasteiger partial charge is 0.462 e. The maximum Gasteiger partial charge on any atom is 0.359 e. The van der Waals surface area contributed by atoms with Crippen molar-refractivity contribution in [1.29, 1.82) is 0 Å². The number of benzene rings is 2. The molecular formula is C21H18BrN4O3+. The fourth-order valence-electron chi connectivity index (χ4n) is 2.97. The molecule has 0 unspecified atom stereocenters. The number of esters is 1. The zero-order chi connectivity index (χ0) is 20.4. The molecule has 0 radical (unpaired) electrons. The summed E-state index contributed by atoms with van der Waals surface area (Å²) >= 11 is 3.48. The molecular weight excluding hydrogens is 436 g/mol. The van der Waals surface area contributed by atoms with E-state index < -0.39 is 5.97 Å². The van der Waals surface area contributed by atoms with Gasteiger partial charge >= 0.3 is 17.3 Å². The van der Waals surface area contributed by atoms with Crippen molar-refractivity contribution in [2.75, 3.05) is 11.9 Å². The molecule has 2 aromatic carbocycles. The van der Waals surface area contributed by atoms with Crippen LogP contribution in [-0.2, 0) is 4.74 Å². The van der Waals surface area contributed by atoms with E-state index in [0.29, 0.717) is 44.8 Å². The molecule has 146 valence electrons. The number of carbonyl (C=O) groups excluding carboxylic acids is 1. The van der Waals surface area contributed by atoms with E-state index in [2.05, 4.69) is 31.2 Å². The lowest BCUT2D eigenvalue weighted by atomic mass is 10.2. The van der Waals surface area contributed by atoms with Gasteiger partial charge in [-0.25, -0.2) is 9.78 Å². The highest BCUT2D eigenvalue weighted by atomic mass is 79.9. The summed E-state index contributed by atoms with van der Waals surface area (Å²) in [6.45, 7) is 2.30. The van der Waals surface area contributed by atoms with Crippen molar-refractivity contribution in [3.05, 3.63) is 75.1 Å². The number of halogens is 1. The van der Waals surface area contributed by atoms with Crippen LogP contribution in [0.3, 0.4) is 0 Å². The first-order valence-corrected chi connectivity index (χ1v) is 9.94. The molecule has 4 rings (SSSR count). The zero-order valence-corrected chi connectivity index (χ0v) is 17.2. The second kappa shape index (κ2) is 8.00. The van der Waals surface area contributed by atoms with Gasteiger partial charge in [-0.2, -0.15) is 4.40 Å². The minimum Gasteiger partial charge on any atom is -0.462 e. The lowest BCUT2D eigenvalue weighted by molar-refractivity contribution is -0.336. The molecule has 0 bridgehead atoms. The SMILES string of the molecule is CCCOC(=O)c1ccccc1Nc1[nH+]c2nc3ccccc3c(=O)n2cc1Br. The van der Waals surface area contributed by atoms with E-state index in [9.17, 15) is 9.59 Å². The molecule has 0 aliphatic carbocycles. The number of anilines is 2. The number of fused-ring (bicyclic) bond motifs is 2. The smallest absolute Gasteiger partial charge is 0.359 e. The average Bonchev–Trinajstić information content (AvgIpc) is 2.74. The monoisotopic (exact) mass is 453 g/mol. The van der Waals surface area contributed by atoms with Crippen molar-refractivity contribution in [1.82, 2.24) is 9.38 Å². The van der Waals surface area contributed by atoms with Gasteiger partial charge in [0, 0.05) is 0 Å². The number of aromatic amines is 1. The predicted molar refractivity (Wildman–Crippen MR) is 114 cm³/mol. The maximum absolute atomic E-state index is 12.8. The van der Waals surface area contributed by atoms with Gasteiger partial charge in [0.1, 0.15) is 9.99 Å². The van der Waals surface area contributed by atoms with E-state index >= 15 is 0 Å². The van der Waals surface area contributed by atoms with E-state index in [1.54, 1.807) is 42.6 Å². The van der Waals surface area contributed by atoms with Gasteiger partial charge < -0.3 is 4.74 Å². The highest BCUT2D eigenvalue weighted by Gasteiger charge is 2.19. The fourth-order valence-corrected chi connectivity index (χ4v) is 3.37. The number of hydrogen-bond donors (Lipinski definition) is 1. The molecule has 2 heterocycles. The van der Waals surface area contributed by atoms with E-state index in [1.807, 2.05) is 19.1 Å². The van der Waals surface area contributed by atoms with Gasteiger partial charge in [-0.15, -0.1) is 4.98 Å². The summed E-state index contributed by atoms with van der Waals surface area (Å²) < 4.78 is 7.32. The van der Waals surface area contributed by atoms with Crippen molar-refractivity contribution in [3.8, 4) is 0 Å². The molecule has 0 spiro atoms. The van der Waals surface area contributed by atoms with Crippen LogP contribution < -0.4 is 15.9 Å². The summed E-state index contributed by atoms with van der Waals surface area (Å²) in [5, 5.41) is 3.74. The number of ether oxygens (including phenoxy) is 1. The van der Waals surface area contributed by atoms with Gasteiger partial charge in [0.15, 0.2) is 0 Å². The Labute approximate surface area is 174 Å².